The highest BCUT2D eigenvalue weighted by molar-refractivity contribution is 7.99. The first-order chi connectivity index (χ1) is 9.98. The molecule has 1 aromatic rings. The fraction of sp³-hybridized carbons (Fsp3) is 0.643. The lowest BCUT2D eigenvalue weighted by Gasteiger charge is -2.29. The third-order valence-electron chi connectivity index (χ3n) is 3.52. The molecule has 2 rings (SSSR count). The summed E-state index contributed by atoms with van der Waals surface area (Å²) in [5.74, 6) is 1.04. The van der Waals surface area contributed by atoms with Gasteiger partial charge in [0, 0.05) is 17.5 Å². The first kappa shape index (κ1) is 17.1. The van der Waals surface area contributed by atoms with Crippen molar-refractivity contribution in [1.29, 1.82) is 0 Å². The van der Waals surface area contributed by atoms with E-state index in [9.17, 15) is 8.42 Å². The minimum Gasteiger partial charge on any atom is -0.244 e. The van der Waals surface area contributed by atoms with Gasteiger partial charge in [-0.15, -0.1) is 0 Å². The molecule has 0 amide bonds. The van der Waals surface area contributed by atoms with E-state index in [1.165, 1.54) is 12.6 Å². The van der Waals surface area contributed by atoms with Crippen LogP contribution in [0.5, 0.6) is 0 Å². The van der Waals surface area contributed by atoms with E-state index in [-0.39, 0.29) is 11.8 Å². The Hall–Kier alpha value is -0.300. The third-order valence-corrected chi connectivity index (χ3v) is 6.38. The van der Waals surface area contributed by atoms with Crippen LogP contribution in [0, 0.1) is 0 Å². The van der Waals surface area contributed by atoms with Crippen molar-refractivity contribution in [3.8, 4) is 0 Å². The molecular formula is C14H21ClN2O2S2. The summed E-state index contributed by atoms with van der Waals surface area (Å²) in [5.41, 5.74) is 0.655. The predicted octanol–water partition coefficient (Wildman–Crippen LogP) is 3.22. The number of aromatic nitrogens is 1. The van der Waals surface area contributed by atoms with Crippen LogP contribution in [0.2, 0.25) is 5.15 Å². The van der Waals surface area contributed by atoms with Crippen LogP contribution in [0.4, 0.5) is 0 Å². The van der Waals surface area contributed by atoms with Gasteiger partial charge in [0.05, 0.1) is 5.75 Å². The standard InChI is InChI=1S/C14H21ClN2O2S2/c1-2-20-13-5-3-4-12(8-13)17-21(18,19)10-11-6-7-14(15)16-9-11/h6-7,9,12-13,17H,2-5,8,10H2,1H3/t12-,13+/m1/s1. The normalized spacial score (nSPS) is 23.1. The molecule has 1 aromatic heterocycles. The maximum absolute atomic E-state index is 12.2. The van der Waals surface area contributed by atoms with Gasteiger partial charge in [-0.05, 0) is 36.6 Å². The second-order valence-electron chi connectivity index (χ2n) is 5.31. The molecule has 0 aliphatic heterocycles. The predicted molar refractivity (Wildman–Crippen MR) is 89.2 cm³/mol. The van der Waals surface area contributed by atoms with E-state index in [0.29, 0.717) is 16.0 Å². The Kier molecular flexibility index (Phi) is 6.34. The number of rotatable bonds is 6. The number of pyridine rings is 1. The lowest BCUT2D eigenvalue weighted by atomic mass is 9.96. The summed E-state index contributed by atoms with van der Waals surface area (Å²) in [6.45, 7) is 2.14. The van der Waals surface area contributed by atoms with Crippen LogP contribution in [0.3, 0.4) is 0 Å². The molecule has 2 atom stereocenters. The van der Waals surface area contributed by atoms with Gasteiger partial charge in [0.15, 0.2) is 0 Å². The summed E-state index contributed by atoms with van der Waals surface area (Å²) in [4.78, 5) is 3.92. The Bertz CT molecular complexity index is 547. The van der Waals surface area contributed by atoms with Crippen molar-refractivity contribution in [2.24, 2.45) is 0 Å². The molecule has 1 saturated carbocycles. The second kappa shape index (κ2) is 7.81. The third kappa shape index (κ3) is 5.77. The molecule has 1 aliphatic rings. The van der Waals surface area contributed by atoms with Crippen LogP contribution in [0.25, 0.3) is 0 Å². The van der Waals surface area contributed by atoms with Crippen LogP contribution < -0.4 is 4.72 Å². The van der Waals surface area contributed by atoms with Gasteiger partial charge >= 0.3 is 0 Å². The Morgan fingerprint density at radius 3 is 2.90 bits per heavy atom. The Balaban J connectivity index is 1.92. The molecule has 0 bridgehead atoms. The number of thioether (sulfide) groups is 1. The van der Waals surface area contributed by atoms with Crippen LogP contribution >= 0.6 is 23.4 Å². The minimum absolute atomic E-state index is 0.0424. The van der Waals surface area contributed by atoms with Crippen molar-refractivity contribution >= 4 is 33.4 Å². The molecule has 0 saturated heterocycles. The van der Waals surface area contributed by atoms with Crippen molar-refractivity contribution in [1.82, 2.24) is 9.71 Å². The summed E-state index contributed by atoms with van der Waals surface area (Å²) in [5, 5.41) is 0.949. The Morgan fingerprint density at radius 2 is 2.24 bits per heavy atom. The summed E-state index contributed by atoms with van der Waals surface area (Å²) in [7, 11) is -3.33. The lowest BCUT2D eigenvalue weighted by Crippen LogP contribution is -2.39. The molecule has 21 heavy (non-hydrogen) atoms. The van der Waals surface area contributed by atoms with E-state index in [0.717, 1.165) is 25.0 Å². The number of halogens is 1. The van der Waals surface area contributed by atoms with Gasteiger partial charge in [0.25, 0.3) is 0 Å². The highest BCUT2D eigenvalue weighted by Crippen LogP contribution is 2.28. The fourth-order valence-corrected chi connectivity index (χ4v) is 5.35. The number of hydrogen-bond donors (Lipinski definition) is 1. The van der Waals surface area contributed by atoms with Gasteiger partial charge in [-0.3, -0.25) is 0 Å². The van der Waals surface area contributed by atoms with Gasteiger partial charge in [-0.2, -0.15) is 11.8 Å². The first-order valence-corrected chi connectivity index (χ1v) is 10.3. The molecular weight excluding hydrogens is 328 g/mol. The molecule has 1 aliphatic carbocycles. The average molecular weight is 349 g/mol. The maximum Gasteiger partial charge on any atom is 0.216 e. The quantitative estimate of drug-likeness (QED) is 0.802. The summed E-state index contributed by atoms with van der Waals surface area (Å²) in [6.07, 6.45) is 5.65. The number of hydrogen-bond acceptors (Lipinski definition) is 4. The number of nitrogens with zero attached hydrogens (tertiary/aromatic N) is 1. The largest absolute Gasteiger partial charge is 0.244 e. The zero-order valence-electron chi connectivity index (χ0n) is 12.1. The van der Waals surface area contributed by atoms with E-state index in [1.807, 2.05) is 11.8 Å². The highest BCUT2D eigenvalue weighted by atomic mass is 35.5. The van der Waals surface area contributed by atoms with Crippen molar-refractivity contribution in [2.45, 2.75) is 49.7 Å². The molecule has 0 radical (unpaired) electrons. The molecule has 1 fully saturated rings. The smallest absolute Gasteiger partial charge is 0.216 e. The average Bonchev–Trinajstić information content (AvgIpc) is 2.41. The van der Waals surface area contributed by atoms with Crippen molar-refractivity contribution < 1.29 is 8.42 Å². The fourth-order valence-electron chi connectivity index (χ4n) is 2.65. The SMILES string of the molecule is CCS[C@H]1CCC[C@@H](NS(=O)(=O)Cc2ccc(Cl)nc2)C1. The van der Waals surface area contributed by atoms with Crippen LogP contribution in [-0.2, 0) is 15.8 Å². The minimum atomic E-state index is -3.33. The van der Waals surface area contributed by atoms with E-state index >= 15 is 0 Å². The second-order valence-corrected chi connectivity index (χ2v) is 9.03. The van der Waals surface area contributed by atoms with Gasteiger partial charge in [-0.25, -0.2) is 18.1 Å². The lowest BCUT2D eigenvalue weighted by molar-refractivity contribution is 0.420. The summed E-state index contributed by atoms with van der Waals surface area (Å²) < 4.78 is 27.3. The number of sulfonamides is 1. The molecule has 1 N–H and O–H groups in total. The van der Waals surface area contributed by atoms with Crippen molar-refractivity contribution in [3.05, 3.63) is 29.0 Å². The van der Waals surface area contributed by atoms with E-state index in [1.54, 1.807) is 12.1 Å². The zero-order chi connectivity index (χ0) is 15.3. The molecule has 0 unspecified atom stereocenters. The van der Waals surface area contributed by atoms with Gasteiger partial charge < -0.3 is 0 Å². The molecule has 0 aromatic carbocycles. The van der Waals surface area contributed by atoms with Crippen molar-refractivity contribution in [3.63, 3.8) is 0 Å². The van der Waals surface area contributed by atoms with Gasteiger partial charge in [-0.1, -0.05) is 31.0 Å². The zero-order valence-corrected chi connectivity index (χ0v) is 14.5. The van der Waals surface area contributed by atoms with E-state index < -0.39 is 10.0 Å². The maximum atomic E-state index is 12.2. The van der Waals surface area contributed by atoms with Gasteiger partial charge in [0.1, 0.15) is 5.15 Å². The van der Waals surface area contributed by atoms with E-state index in [2.05, 4.69) is 16.6 Å². The monoisotopic (exact) mass is 348 g/mol. The molecule has 7 heteroatoms. The summed E-state index contributed by atoms with van der Waals surface area (Å²) >= 11 is 7.63. The van der Waals surface area contributed by atoms with Crippen LogP contribution in [0.1, 0.15) is 38.2 Å². The Morgan fingerprint density at radius 1 is 1.43 bits per heavy atom. The molecule has 4 nitrogen and oxygen atoms in total. The highest BCUT2D eigenvalue weighted by Gasteiger charge is 2.25. The van der Waals surface area contributed by atoms with E-state index in [4.69, 9.17) is 11.6 Å². The molecule has 118 valence electrons. The first-order valence-electron chi connectivity index (χ1n) is 7.20. The molecule has 0 spiro atoms. The number of nitrogens with one attached hydrogen (secondary N) is 1. The van der Waals surface area contributed by atoms with Crippen molar-refractivity contribution in [2.75, 3.05) is 5.75 Å². The Labute approximate surface area is 136 Å². The summed E-state index contributed by atoms with van der Waals surface area (Å²) in [6, 6.07) is 3.37. The molecule has 1 heterocycles. The van der Waals surface area contributed by atoms with Crippen LogP contribution in [-0.4, -0.2) is 30.4 Å². The van der Waals surface area contributed by atoms with Gasteiger partial charge in [0.2, 0.25) is 10.0 Å². The van der Waals surface area contributed by atoms with Crippen LogP contribution in [0.15, 0.2) is 18.3 Å². The topological polar surface area (TPSA) is 59.1 Å².